The summed E-state index contributed by atoms with van der Waals surface area (Å²) in [5.74, 6) is -0.0199. The van der Waals surface area contributed by atoms with Crippen molar-refractivity contribution < 1.29 is 4.79 Å². The van der Waals surface area contributed by atoms with Crippen molar-refractivity contribution >= 4 is 46.3 Å². The van der Waals surface area contributed by atoms with Crippen LogP contribution in [0.1, 0.15) is 12.0 Å². The van der Waals surface area contributed by atoms with E-state index >= 15 is 0 Å². The maximum absolute atomic E-state index is 12.6. The molecule has 3 nitrogen and oxygen atoms in total. The molecule has 1 aliphatic heterocycles. The Kier molecular flexibility index (Phi) is 5.10. The number of fused-ring (bicyclic) bond motifs is 2. The fourth-order valence-corrected chi connectivity index (χ4v) is 4.44. The number of para-hydroxylation sites is 2. The fraction of sp³-hybridized carbons (Fsp3) is 0.136. The summed E-state index contributed by atoms with van der Waals surface area (Å²) in [7, 11) is 0. The van der Waals surface area contributed by atoms with Crippen molar-refractivity contribution in [1.29, 1.82) is 0 Å². The van der Waals surface area contributed by atoms with Crippen molar-refractivity contribution in [3.05, 3.63) is 77.3 Å². The van der Waals surface area contributed by atoms with Crippen molar-refractivity contribution in [2.24, 2.45) is 0 Å². The van der Waals surface area contributed by atoms with Crippen LogP contribution in [-0.4, -0.2) is 12.5 Å². The molecule has 3 aromatic rings. The van der Waals surface area contributed by atoms with Gasteiger partial charge in [-0.05, 0) is 48.9 Å². The summed E-state index contributed by atoms with van der Waals surface area (Å²) < 4.78 is 0. The smallest absolute Gasteiger partial charge is 0.226 e. The molecule has 0 unspecified atom stereocenters. The van der Waals surface area contributed by atoms with E-state index in [4.69, 9.17) is 11.6 Å². The molecule has 1 heterocycles. The molecule has 0 atom stereocenters. The molecule has 27 heavy (non-hydrogen) atoms. The molecular weight excluding hydrogens is 376 g/mol. The first-order valence-corrected chi connectivity index (χ1v) is 10.0. The van der Waals surface area contributed by atoms with E-state index in [-0.39, 0.29) is 5.91 Å². The second-order valence-electron chi connectivity index (χ2n) is 6.45. The first kappa shape index (κ1) is 18.0. The van der Waals surface area contributed by atoms with Crippen LogP contribution in [0.25, 0.3) is 0 Å². The number of carbonyl (C=O) groups is 1. The van der Waals surface area contributed by atoms with Crippen molar-refractivity contribution in [2.45, 2.75) is 23.1 Å². The summed E-state index contributed by atoms with van der Waals surface area (Å²) in [6, 6.07) is 22.2. The summed E-state index contributed by atoms with van der Waals surface area (Å²) in [4.78, 5) is 17.2. The van der Waals surface area contributed by atoms with E-state index in [0.717, 1.165) is 22.6 Å². The van der Waals surface area contributed by atoms with Gasteiger partial charge in [0.1, 0.15) is 0 Å². The van der Waals surface area contributed by atoms with Gasteiger partial charge in [0.05, 0.1) is 11.4 Å². The SMILES string of the molecule is Cc1ccc(Cl)cc1NC(=O)CCN1c2ccccc2Sc2ccccc21. The van der Waals surface area contributed by atoms with Crippen LogP contribution in [-0.2, 0) is 4.79 Å². The van der Waals surface area contributed by atoms with Crippen molar-refractivity contribution in [2.75, 3.05) is 16.8 Å². The highest BCUT2D eigenvalue weighted by molar-refractivity contribution is 7.99. The standard InChI is InChI=1S/C22H19ClN2OS/c1-15-10-11-16(23)14-17(15)24-22(26)12-13-25-18-6-2-4-8-20(18)27-21-9-5-3-7-19(21)25/h2-11,14H,12-13H2,1H3,(H,24,26). The number of nitrogens with zero attached hydrogens (tertiary/aromatic N) is 1. The quantitative estimate of drug-likeness (QED) is 0.565. The Hall–Kier alpha value is -2.43. The van der Waals surface area contributed by atoms with Crippen LogP contribution in [0.15, 0.2) is 76.5 Å². The zero-order valence-electron chi connectivity index (χ0n) is 14.9. The second kappa shape index (κ2) is 7.67. The van der Waals surface area contributed by atoms with Gasteiger partial charge in [-0.25, -0.2) is 0 Å². The van der Waals surface area contributed by atoms with Gasteiger partial charge in [0.15, 0.2) is 0 Å². The number of rotatable bonds is 4. The Morgan fingerprint density at radius 1 is 1.00 bits per heavy atom. The number of hydrogen-bond acceptors (Lipinski definition) is 3. The van der Waals surface area contributed by atoms with Crippen molar-refractivity contribution in [3.63, 3.8) is 0 Å². The molecule has 0 fully saturated rings. The number of benzene rings is 3. The molecule has 3 aromatic carbocycles. The van der Waals surface area contributed by atoms with Crippen LogP contribution in [0.3, 0.4) is 0 Å². The lowest BCUT2D eigenvalue weighted by Gasteiger charge is -2.32. The van der Waals surface area contributed by atoms with Crippen LogP contribution in [0.2, 0.25) is 5.02 Å². The average Bonchev–Trinajstić information content (AvgIpc) is 2.68. The number of aryl methyl sites for hydroxylation is 1. The van der Waals surface area contributed by atoms with Crippen LogP contribution in [0.5, 0.6) is 0 Å². The topological polar surface area (TPSA) is 32.3 Å². The van der Waals surface area contributed by atoms with Gasteiger partial charge in [-0.2, -0.15) is 0 Å². The number of halogens is 1. The summed E-state index contributed by atoms with van der Waals surface area (Å²) in [6.45, 7) is 2.57. The normalized spacial score (nSPS) is 12.3. The van der Waals surface area contributed by atoms with Gasteiger partial charge >= 0.3 is 0 Å². The van der Waals surface area contributed by atoms with E-state index in [1.807, 2.05) is 43.3 Å². The van der Waals surface area contributed by atoms with Gasteiger partial charge in [0.2, 0.25) is 5.91 Å². The second-order valence-corrected chi connectivity index (χ2v) is 7.97. The number of amides is 1. The molecule has 0 radical (unpaired) electrons. The number of hydrogen-bond donors (Lipinski definition) is 1. The molecule has 0 saturated carbocycles. The first-order chi connectivity index (χ1) is 13.1. The number of nitrogens with one attached hydrogen (secondary N) is 1. The predicted molar refractivity (Wildman–Crippen MR) is 113 cm³/mol. The van der Waals surface area contributed by atoms with Crippen LogP contribution >= 0.6 is 23.4 Å². The summed E-state index contributed by atoms with van der Waals surface area (Å²) in [5, 5.41) is 3.60. The van der Waals surface area contributed by atoms with Gasteiger partial charge < -0.3 is 10.2 Å². The third-order valence-corrected chi connectivity index (χ3v) is 5.93. The molecule has 1 aliphatic rings. The van der Waals surface area contributed by atoms with Gasteiger partial charge in [0, 0.05) is 33.5 Å². The average molecular weight is 395 g/mol. The van der Waals surface area contributed by atoms with Crippen molar-refractivity contribution in [1.82, 2.24) is 0 Å². The summed E-state index contributed by atoms with van der Waals surface area (Å²) >= 11 is 7.82. The molecule has 1 N–H and O–H groups in total. The molecule has 1 amide bonds. The van der Waals surface area contributed by atoms with E-state index in [2.05, 4.69) is 34.5 Å². The molecule has 136 valence electrons. The van der Waals surface area contributed by atoms with E-state index < -0.39 is 0 Å². The lowest BCUT2D eigenvalue weighted by molar-refractivity contribution is -0.116. The summed E-state index contributed by atoms with van der Waals surface area (Å²) in [5.41, 5.74) is 4.06. The van der Waals surface area contributed by atoms with E-state index in [9.17, 15) is 4.79 Å². The van der Waals surface area contributed by atoms with Crippen LogP contribution in [0, 0.1) is 6.92 Å². The molecule has 0 aliphatic carbocycles. The zero-order chi connectivity index (χ0) is 18.8. The number of anilines is 3. The Morgan fingerprint density at radius 2 is 1.63 bits per heavy atom. The minimum atomic E-state index is -0.0199. The maximum atomic E-state index is 12.6. The highest BCUT2D eigenvalue weighted by Gasteiger charge is 2.23. The molecule has 4 rings (SSSR count). The van der Waals surface area contributed by atoms with E-state index in [1.54, 1.807) is 17.8 Å². The molecule has 0 spiro atoms. The lowest BCUT2D eigenvalue weighted by Crippen LogP contribution is -2.26. The van der Waals surface area contributed by atoms with E-state index in [0.29, 0.717) is 18.0 Å². The third kappa shape index (κ3) is 3.82. The van der Waals surface area contributed by atoms with Gasteiger partial charge in [-0.15, -0.1) is 0 Å². The Balaban J connectivity index is 1.53. The van der Waals surface area contributed by atoms with Gasteiger partial charge in [0.25, 0.3) is 0 Å². The van der Waals surface area contributed by atoms with Crippen LogP contribution < -0.4 is 10.2 Å². The maximum Gasteiger partial charge on any atom is 0.226 e. The highest BCUT2D eigenvalue weighted by atomic mass is 35.5. The Bertz CT molecular complexity index is 960. The minimum absolute atomic E-state index is 0.0199. The minimum Gasteiger partial charge on any atom is -0.339 e. The molecular formula is C22H19ClN2OS. The molecule has 5 heteroatoms. The fourth-order valence-electron chi connectivity index (χ4n) is 3.18. The monoisotopic (exact) mass is 394 g/mol. The third-order valence-electron chi connectivity index (χ3n) is 4.57. The zero-order valence-corrected chi connectivity index (χ0v) is 16.5. The predicted octanol–water partition coefficient (Wildman–Crippen LogP) is 6.28. The molecule has 0 saturated heterocycles. The van der Waals surface area contributed by atoms with Crippen LogP contribution in [0.4, 0.5) is 17.1 Å². The Morgan fingerprint density at radius 3 is 2.30 bits per heavy atom. The summed E-state index contributed by atoms with van der Waals surface area (Å²) in [6.07, 6.45) is 0.388. The van der Waals surface area contributed by atoms with Gasteiger partial charge in [-0.1, -0.05) is 53.7 Å². The Labute approximate surface area is 168 Å². The first-order valence-electron chi connectivity index (χ1n) is 8.81. The van der Waals surface area contributed by atoms with Gasteiger partial charge in [-0.3, -0.25) is 4.79 Å². The molecule has 0 aromatic heterocycles. The van der Waals surface area contributed by atoms with Crippen molar-refractivity contribution in [3.8, 4) is 0 Å². The van der Waals surface area contributed by atoms with E-state index in [1.165, 1.54) is 9.79 Å². The molecule has 0 bridgehead atoms. The highest BCUT2D eigenvalue weighted by Crippen LogP contribution is 2.47. The largest absolute Gasteiger partial charge is 0.339 e. The number of carbonyl (C=O) groups excluding carboxylic acids is 1. The lowest BCUT2D eigenvalue weighted by atomic mass is 10.2.